The zero-order chi connectivity index (χ0) is 10.0. The first-order valence-electron chi connectivity index (χ1n) is 4.75. The van der Waals surface area contributed by atoms with Gasteiger partial charge in [-0.3, -0.25) is 9.69 Å². The molecule has 0 aromatic carbocycles. The highest BCUT2D eigenvalue weighted by Crippen LogP contribution is 2.24. The van der Waals surface area contributed by atoms with Crippen LogP contribution in [0, 0.1) is 0 Å². The third-order valence-electron chi connectivity index (χ3n) is 2.96. The summed E-state index contributed by atoms with van der Waals surface area (Å²) in [5.41, 5.74) is 5.69. The molecule has 76 valence electrons. The number of hydrogen-bond acceptors (Lipinski definition) is 3. The Hall–Kier alpha value is -0.610. The second-order valence-electron chi connectivity index (χ2n) is 3.84. The normalized spacial score (nSPS) is 29.6. The van der Waals surface area contributed by atoms with Crippen molar-refractivity contribution in [1.82, 2.24) is 10.2 Å². The van der Waals surface area contributed by atoms with E-state index in [0.717, 1.165) is 12.8 Å². The first kappa shape index (κ1) is 10.5. The SMILES string of the molecule is CNC(=O)C(C)N(C)C1CC(N)C1. The Kier molecular flexibility index (Phi) is 3.27. The van der Waals surface area contributed by atoms with Crippen molar-refractivity contribution in [2.45, 2.75) is 37.9 Å². The summed E-state index contributed by atoms with van der Waals surface area (Å²) in [4.78, 5) is 13.4. The number of carbonyl (C=O) groups is 1. The molecule has 1 rings (SSSR count). The minimum atomic E-state index is -0.0532. The Bertz CT molecular complexity index is 189. The summed E-state index contributed by atoms with van der Waals surface area (Å²) in [6.45, 7) is 1.92. The van der Waals surface area contributed by atoms with E-state index in [-0.39, 0.29) is 11.9 Å². The van der Waals surface area contributed by atoms with Gasteiger partial charge in [-0.25, -0.2) is 0 Å². The van der Waals surface area contributed by atoms with Crippen LogP contribution in [0.4, 0.5) is 0 Å². The van der Waals surface area contributed by atoms with E-state index in [1.807, 2.05) is 14.0 Å². The van der Waals surface area contributed by atoms with Crippen molar-refractivity contribution in [1.29, 1.82) is 0 Å². The highest BCUT2D eigenvalue weighted by atomic mass is 16.2. The largest absolute Gasteiger partial charge is 0.358 e. The molecule has 13 heavy (non-hydrogen) atoms. The predicted molar refractivity (Wildman–Crippen MR) is 52.3 cm³/mol. The van der Waals surface area contributed by atoms with Crippen molar-refractivity contribution in [3.63, 3.8) is 0 Å². The van der Waals surface area contributed by atoms with Gasteiger partial charge in [-0.2, -0.15) is 0 Å². The summed E-state index contributed by atoms with van der Waals surface area (Å²) in [5.74, 6) is 0.0722. The van der Waals surface area contributed by atoms with Gasteiger partial charge in [0.25, 0.3) is 0 Å². The molecule has 1 aliphatic carbocycles. The Morgan fingerprint density at radius 3 is 2.54 bits per heavy atom. The van der Waals surface area contributed by atoms with Crippen LogP contribution in [0.3, 0.4) is 0 Å². The van der Waals surface area contributed by atoms with Gasteiger partial charge in [0.2, 0.25) is 5.91 Å². The molecule has 1 saturated carbocycles. The molecule has 1 fully saturated rings. The second-order valence-corrected chi connectivity index (χ2v) is 3.84. The summed E-state index contributed by atoms with van der Waals surface area (Å²) in [6, 6.07) is 0.772. The highest BCUT2D eigenvalue weighted by Gasteiger charge is 2.33. The molecule has 1 aliphatic rings. The van der Waals surface area contributed by atoms with Crippen LogP contribution in [0.25, 0.3) is 0 Å². The molecule has 0 radical (unpaired) electrons. The van der Waals surface area contributed by atoms with Gasteiger partial charge in [-0.1, -0.05) is 0 Å². The Balaban J connectivity index is 2.38. The third-order valence-corrected chi connectivity index (χ3v) is 2.96. The fourth-order valence-electron chi connectivity index (χ4n) is 1.67. The summed E-state index contributed by atoms with van der Waals surface area (Å²) in [5, 5.41) is 2.65. The number of hydrogen-bond donors (Lipinski definition) is 2. The van der Waals surface area contributed by atoms with Crippen LogP contribution in [0.2, 0.25) is 0 Å². The summed E-state index contributed by atoms with van der Waals surface area (Å²) >= 11 is 0. The smallest absolute Gasteiger partial charge is 0.236 e. The van der Waals surface area contributed by atoms with Crippen molar-refractivity contribution in [3.05, 3.63) is 0 Å². The van der Waals surface area contributed by atoms with E-state index in [4.69, 9.17) is 5.73 Å². The van der Waals surface area contributed by atoms with Gasteiger partial charge in [0.05, 0.1) is 6.04 Å². The molecule has 4 heteroatoms. The van der Waals surface area contributed by atoms with E-state index in [1.165, 1.54) is 0 Å². The lowest BCUT2D eigenvalue weighted by Gasteiger charge is -2.41. The van der Waals surface area contributed by atoms with Crippen molar-refractivity contribution >= 4 is 5.91 Å². The Labute approximate surface area is 79.5 Å². The van der Waals surface area contributed by atoms with E-state index in [1.54, 1.807) is 7.05 Å². The van der Waals surface area contributed by atoms with Crippen LogP contribution in [0.1, 0.15) is 19.8 Å². The number of rotatable bonds is 3. The molecule has 0 aromatic rings. The number of nitrogens with two attached hydrogens (primary N) is 1. The van der Waals surface area contributed by atoms with E-state index in [2.05, 4.69) is 10.2 Å². The first-order chi connectivity index (χ1) is 6.06. The average Bonchev–Trinajstić information content (AvgIpc) is 2.09. The first-order valence-corrected chi connectivity index (χ1v) is 4.75. The molecule has 0 aliphatic heterocycles. The van der Waals surface area contributed by atoms with E-state index in [9.17, 15) is 4.79 Å². The molecule has 0 aromatic heterocycles. The Morgan fingerprint density at radius 2 is 2.15 bits per heavy atom. The fraction of sp³-hybridized carbons (Fsp3) is 0.889. The van der Waals surface area contributed by atoms with Gasteiger partial charge in [0.15, 0.2) is 0 Å². The van der Waals surface area contributed by atoms with Crippen LogP contribution in [0.15, 0.2) is 0 Å². The van der Waals surface area contributed by atoms with E-state index in [0.29, 0.717) is 12.1 Å². The molecule has 1 atom stereocenters. The number of nitrogens with one attached hydrogen (secondary N) is 1. The molecule has 1 amide bonds. The van der Waals surface area contributed by atoms with Crippen LogP contribution < -0.4 is 11.1 Å². The standard InChI is InChI=1S/C9H19N3O/c1-6(9(13)11-2)12(3)8-4-7(10)5-8/h6-8H,4-5,10H2,1-3H3,(H,11,13). The monoisotopic (exact) mass is 185 g/mol. The van der Waals surface area contributed by atoms with Crippen LogP contribution >= 0.6 is 0 Å². The quantitative estimate of drug-likeness (QED) is 0.625. The number of carbonyl (C=O) groups excluding carboxylic acids is 1. The average molecular weight is 185 g/mol. The Morgan fingerprint density at radius 1 is 1.62 bits per heavy atom. The number of amides is 1. The van der Waals surface area contributed by atoms with E-state index < -0.39 is 0 Å². The lowest BCUT2D eigenvalue weighted by molar-refractivity contribution is -0.126. The van der Waals surface area contributed by atoms with Crippen molar-refractivity contribution < 1.29 is 4.79 Å². The maximum atomic E-state index is 11.3. The molecule has 4 nitrogen and oxygen atoms in total. The zero-order valence-corrected chi connectivity index (χ0v) is 8.58. The van der Waals surface area contributed by atoms with Crippen LogP contribution in [0.5, 0.6) is 0 Å². The minimum absolute atomic E-state index is 0.0532. The summed E-state index contributed by atoms with van der Waals surface area (Å²) < 4.78 is 0. The summed E-state index contributed by atoms with van der Waals surface area (Å²) in [6.07, 6.45) is 2.02. The second kappa shape index (κ2) is 4.07. The molecular formula is C9H19N3O. The van der Waals surface area contributed by atoms with Crippen molar-refractivity contribution in [3.8, 4) is 0 Å². The van der Waals surface area contributed by atoms with Crippen LogP contribution in [-0.2, 0) is 4.79 Å². The molecule has 0 saturated heterocycles. The molecule has 1 unspecified atom stereocenters. The molecule has 0 heterocycles. The number of likely N-dealkylation sites (N-methyl/N-ethyl adjacent to an activating group) is 2. The van der Waals surface area contributed by atoms with Gasteiger partial charge in [-0.15, -0.1) is 0 Å². The summed E-state index contributed by atoms with van der Waals surface area (Å²) in [7, 11) is 3.65. The van der Waals surface area contributed by atoms with Gasteiger partial charge >= 0.3 is 0 Å². The third kappa shape index (κ3) is 2.19. The molecular weight excluding hydrogens is 166 g/mol. The minimum Gasteiger partial charge on any atom is -0.358 e. The van der Waals surface area contributed by atoms with Crippen LogP contribution in [-0.4, -0.2) is 43.0 Å². The zero-order valence-electron chi connectivity index (χ0n) is 8.58. The molecule has 0 spiro atoms. The van der Waals surface area contributed by atoms with Gasteiger partial charge in [0.1, 0.15) is 0 Å². The molecule has 0 bridgehead atoms. The highest BCUT2D eigenvalue weighted by molar-refractivity contribution is 5.80. The van der Waals surface area contributed by atoms with Crippen molar-refractivity contribution in [2.75, 3.05) is 14.1 Å². The number of nitrogens with zero attached hydrogens (tertiary/aromatic N) is 1. The molecule has 3 N–H and O–H groups in total. The fourth-order valence-corrected chi connectivity index (χ4v) is 1.67. The predicted octanol–water partition coefficient (Wildman–Crippen LogP) is -0.458. The van der Waals surface area contributed by atoms with Crippen molar-refractivity contribution in [2.24, 2.45) is 5.73 Å². The lowest BCUT2D eigenvalue weighted by atomic mass is 9.86. The maximum absolute atomic E-state index is 11.3. The van der Waals surface area contributed by atoms with Gasteiger partial charge in [0, 0.05) is 19.1 Å². The maximum Gasteiger partial charge on any atom is 0.236 e. The lowest BCUT2D eigenvalue weighted by Crippen LogP contribution is -2.55. The van der Waals surface area contributed by atoms with E-state index >= 15 is 0 Å². The topological polar surface area (TPSA) is 58.4 Å². The van der Waals surface area contributed by atoms with Gasteiger partial charge < -0.3 is 11.1 Å². The van der Waals surface area contributed by atoms with Gasteiger partial charge in [-0.05, 0) is 26.8 Å².